The topological polar surface area (TPSA) is 50.2 Å². The Labute approximate surface area is 128 Å². The Balaban J connectivity index is 2.69. The van der Waals surface area contributed by atoms with Crippen LogP contribution in [0, 0.1) is 0 Å². The van der Waals surface area contributed by atoms with Crippen molar-refractivity contribution in [3.8, 4) is 11.3 Å². The summed E-state index contributed by atoms with van der Waals surface area (Å²) < 4.78 is 0. The summed E-state index contributed by atoms with van der Waals surface area (Å²) >= 11 is 23.8. The normalized spacial score (nSPS) is 10.5. The van der Waals surface area contributed by atoms with Crippen LogP contribution in [0.15, 0.2) is 24.4 Å². The average molecular weight is 337 g/mol. The summed E-state index contributed by atoms with van der Waals surface area (Å²) in [6.07, 6.45) is 1.34. The lowest BCUT2D eigenvalue weighted by Gasteiger charge is -2.09. The third-order valence-corrected chi connectivity index (χ3v) is 3.80. The van der Waals surface area contributed by atoms with Gasteiger partial charge < -0.3 is 5.11 Å². The Morgan fingerprint density at radius 1 is 1.05 bits per heavy atom. The van der Waals surface area contributed by atoms with Crippen LogP contribution in [-0.2, 0) is 0 Å². The van der Waals surface area contributed by atoms with Crippen LogP contribution in [0.5, 0.6) is 0 Å². The number of carboxylic acids is 1. The summed E-state index contributed by atoms with van der Waals surface area (Å²) in [6.45, 7) is 0. The molecule has 0 fully saturated rings. The van der Waals surface area contributed by atoms with E-state index in [1.54, 1.807) is 0 Å². The van der Waals surface area contributed by atoms with Gasteiger partial charge in [0.2, 0.25) is 0 Å². The fraction of sp³-hybridized carbons (Fsp3) is 0. The molecule has 2 aromatic rings. The highest BCUT2D eigenvalue weighted by atomic mass is 35.5. The zero-order valence-electron chi connectivity index (χ0n) is 9.12. The fourth-order valence-corrected chi connectivity index (χ4v) is 2.43. The van der Waals surface area contributed by atoms with Gasteiger partial charge in [-0.25, -0.2) is 4.79 Å². The molecule has 2 rings (SSSR count). The summed E-state index contributed by atoms with van der Waals surface area (Å²) in [6, 6.07) is 4.25. The number of rotatable bonds is 2. The number of pyridine rings is 1. The van der Waals surface area contributed by atoms with Crippen LogP contribution >= 0.6 is 46.4 Å². The minimum absolute atomic E-state index is 0.00436. The van der Waals surface area contributed by atoms with Gasteiger partial charge in [0.1, 0.15) is 0 Å². The number of aromatic nitrogens is 1. The standard InChI is InChI=1S/C12H5Cl4NO2/c13-7-4-9(15)8(14)3-6(7)11-10(16)5(12(18)19)1-2-17-11/h1-4H,(H,18,19). The lowest BCUT2D eigenvalue weighted by molar-refractivity contribution is 0.0697. The molecule has 1 aromatic carbocycles. The van der Waals surface area contributed by atoms with E-state index in [1.807, 2.05) is 0 Å². The molecule has 0 amide bonds. The third-order valence-electron chi connectivity index (χ3n) is 2.38. The minimum atomic E-state index is -1.15. The number of benzene rings is 1. The van der Waals surface area contributed by atoms with Crippen LogP contribution in [0.1, 0.15) is 10.4 Å². The lowest BCUT2D eigenvalue weighted by Crippen LogP contribution is -2.00. The van der Waals surface area contributed by atoms with E-state index in [4.69, 9.17) is 51.5 Å². The minimum Gasteiger partial charge on any atom is -0.478 e. The zero-order valence-corrected chi connectivity index (χ0v) is 12.1. The van der Waals surface area contributed by atoms with E-state index in [-0.39, 0.29) is 26.3 Å². The van der Waals surface area contributed by atoms with Crippen molar-refractivity contribution in [2.75, 3.05) is 0 Å². The highest BCUT2D eigenvalue weighted by Crippen LogP contribution is 2.37. The van der Waals surface area contributed by atoms with Crippen molar-refractivity contribution in [1.82, 2.24) is 4.98 Å². The van der Waals surface area contributed by atoms with Gasteiger partial charge in [0.05, 0.1) is 31.3 Å². The molecule has 0 spiro atoms. The molecule has 3 nitrogen and oxygen atoms in total. The smallest absolute Gasteiger partial charge is 0.337 e. The molecular formula is C12H5Cl4NO2. The molecule has 0 radical (unpaired) electrons. The van der Waals surface area contributed by atoms with E-state index in [0.29, 0.717) is 10.6 Å². The Kier molecular flexibility index (Phi) is 4.21. The Morgan fingerprint density at radius 3 is 2.32 bits per heavy atom. The number of carbonyl (C=O) groups is 1. The molecule has 0 aliphatic rings. The maximum Gasteiger partial charge on any atom is 0.337 e. The van der Waals surface area contributed by atoms with Crippen LogP contribution in [0.4, 0.5) is 0 Å². The van der Waals surface area contributed by atoms with Crippen LogP contribution < -0.4 is 0 Å². The Bertz CT molecular complexity index is 673. The fourth-order valence-electron chi connectivity index (χ4n) is 1.50. The maximum atomic E-state index is 11.0. The van der Waals surface area contributed by atoms with Crippen molar-refractivity contribution in [2.24, 2.45) is 0 Å². The molecule has 1 heterocycles. The van der Waals surface area contributed by atoms with Gasteiger partial charge in [0, 0.05) is 11.8 Å². The van der Waals surface area contributed by atoms with Gasteiger partial charge in [-0.2, -0.15) is 0 Å². The highest BCUT2D eigenvalue weighted by molar-refractivity contribution is 6.44. The van der Waals surface area contributed by atoms with Crippen molar-refractivity contribution < 1.29 is 9.90 Å². The second-order valence-electron chi connectivity index (χ2n) is 3.57. The molecule has 1 N–H and O–H groups in total. The van der Waals surface area contributed by atoms with Crippen LogP contribution in [0.2, 0.25) is 20.1 Å². The second kappa shape index (κ2) is 5.55. The quantitative estimate of drug-likeness (QED) is 0.780. The van der Waals surface area contributed by atoms with Crippen molar-refractivity contribution in [3.63, 3.8) is 0 Å². The van der Waals surface area contributed by atoms with Crippen molar-refractivity contribution in [3.05, 3.63) is 50.0 Å². The number of aromatic carboxylic acids is 1. The van der Waals surface area contributed by atoms with Gasteiger partial charge in [0.25, 0.3) is 0 Å². The van der Waals surface area contributed by atoms with E-state index in [9.17, 15) is 4.79 Å². The summed E-state index contributed by atoms with van der Waals surface area (Å²) in [5.74, 6) is -1.15. The SMILES string of the molecule is O=C(O)c1ccnc(-c2cc(Cl)c(Cl)cc2Cl)c1Cl. The predicted octanol–water partition coefficient (Wildman–Crippen LogP) is 5.06. The molecule has 1 aromatic heterocycles. The second-order valence-corrected chi connectivity index (χ2v) is 5.17. The summed E-state index contributed by atoms with van der Waals surface area (Å²) in [5, 5.41) is 9.86. The van der Waals surface area contributed by atoms with Gasteiger partial charge in [-0.05, 0) is 18.2 Å². The molecule has 0 saturated heterocycles. The first kappa shape index (κ1) is 14.4. The molecule has 19 heavy (non-hydrogen) atoms. The van der Waals surface area contributed by atoms with Crippen LogP contribution in [0.25, 0.3) is 11.3 Å². The lowest BCUT2D eigenvalue weighted by atomic mass is 10.1. The number of nitrogens with zero attached hydrogens (tertiary/aromatic N) is 1. The Morgan fingerprint density at radius 2 is 1.68 bits per heavy atom. The number of hydrogen-bond donors (Lipinski definition) is 1. The molecule has 0 aliphatic carbocycles. The summed E-state index contributed by atoms with van der Waals surface area (Å²) in [7, 11) is 0. The molecule has 0 saturated carbocycles. The van der Waals surface area contributed by atoms with Gasteiger partial charge >= 0.3 is 5.97 Å². The van der Waals surface area contributed by atoms with Gasteiger partial charge in [-0.15, -0.1) is 0 Å². The zero-order chi connectivity index (χ0) is 14.2. The highest BCUT2D eigenvalue weighted by Gasteiger charge is 2.17. The van der Waals surface area contributed by atoms with Crippen molar-refractivity contribution in [1.29, 1.82) is 0 Å². The van der Waals surface area contributed by atoms with E-state index in [0.717, 1.165) is 0 Å². The van der Waals surface area contributed by atoms with Crippen LogP contribution in [0.3, 0.4) is 0 Å². The first-order valence-corrected chi connectivity index (χ1v) is 6.45. The molecule has 0 unspecified atom stereocenters. The molecule has 98 valence electrons. The van der Waals surface area contributed by atoms with E-state index >= 15 is 0 Å². The number of hydrogen-bond acceptors (Lipinski definition) is 2. The van der Waals surface area contributed by atoms with Crippen molar-refractivity contribution >= 4 is 52.4 Å². The number of carboxylic acid groups (broad SMARTS) is 1. The maximum absolute atomic E-state index is 11.0. The first-order chi connectivity index (χ1) is 8.91. The molecule has 0 bridgehead atoms. The monoisotopic (exact) mass is 335 g/mol. The van der Waals surface area contributed by atoms with Gasteiger partial charge in [-0.1, -0.05) is 46.4 Å². The van der Waals surface area contributed by atoms with E-state index < -0.39 is 5.97 Å². The summed E-state index contributed by atoms with van der Waals surface area (Å²) in [4.78, 5) is 15.1. The molecular weight excluding hydrogens is 332 g/mol. The summed E-state index contributed by atoms with van der Waals surface area (Å²) in [5.41, 5.74) is 0.600. The van der Waals surface area contributed by atoms with E-state index in [1.165, 1.54) is 24.4 Å². The van der Waals surface area contributed by atoms with Gasteiger partial charge in [-0.3, -0.25) is 4.98 Å². The first-order valence-electron chi connectivity index (χ1n) is 4.94. The van der Waals surface area contributed by atoms with Gasteiger partial charge in [0.15, 0.2) is 0 Å². The Hall–Kier alpha value is -1.000. The van der Waals surface area contributed by atoms with E-state index in [2.05, 4.69) is 4.98 Å². The van der Waals surface area contributed by atoms with Crippen LogP contribution in [-0.4, -0.2) is 16.1 Å². The number of halogens is 4. The molecule has 0 aliphatic heterocycles. The molecule has 0 atom stereocenters. The predicted molar refractivity (Wildman–Crippen MR) is 76.7 cm³/mol. The van der Waals surface area contributed by atoms with Crippen molar-refractivity contribution in [2.45, 2.75) is 0 Å². The largest absolute Gasteiger partial charge is 0.478 e. The average Bonchev–Trinajstić information content (AvgIpc) is 2.34. The third kappa shape index (κ3) is 2.79. The molecule has 7 heteroatoms.